The molecular weight excluding hydrogens is 289 g/mol. The number of benzene rings is 1. The minimum atomic E-state index is -3.86. The van der Waals surface area contributed by atoms with Crippen LogP contribution in [0.5, 0.6) is 0 Å². The summed E-state index contributed by atoms with van der Waals surface area (Å²) in [5, 5.41) is 1.21. The van der Waals surface area contributed by atoms with Crippen LogP contribution in [0.2, 0.25) is 5.02 Å². The molecule has 19 heavy (non-hydrogen) atoms. The van der Waals surface area contributed by atoms with Crippen molar-refractivity contribution in [3.63, 3.8) is 0 Å². The van der Waals surface area contributed by atoms with Crippen LogP contribution in [0.15, 0.2) is 52.9 Å². The molecule has 1 aromatic carbocycles. The molecule has 98 valence electrons. The number of aromatic nitrogens is 1. The Labute approximate surface area is 115 Å². The second-order valence-electron chi connectivity index (χ2n) is 3.65. The number of rotatable bonds is 3. The van der Waals surface area contributed by atoms with Crippen molar-refractivity contribution in [2.24, 2.45) is 0 Å². The van der Waals surface area contributed by atoms with Crippen LogP contribution in [0.1, 0.15) is 5.69 Å². The van der Waals surface area contributed by atoms with Gasteiger partial charge in [0.15, 0.2) is 0 Å². The standard InChI is InChI=1S/C13H9ClFNO2S/c14-10-4-3-8-16-12(10)7-9-19(17,18)13-6-2-1-5-11(13)15/h1-9H/b9-7-. The summed E-state index contributed by atoms with van der Waals surface area (Å²) in [6.45, 7) is 0. The molecule has 0 spiro atoms. The van der Waals surface area contributed by atoms with Crippen LogP contribution >= 0.6 is 11.6 Å². The molecule has 0 radical (unpaired) electrons. The first-order chi connectivity index (χ1) is 9.00. The molecule has 0 saturated carbocycles. The predicted octanol–water partition coefficient (Wildman–Crippen LogP) is 3.32. The average molecular weight is 298 g/mol. The Morgan fingerprint density at radius 3 is 2.58 bits per heavy atom. The number of nitrogens with zero attached hydrogens (tertiary/aromatic N) is 1. The maximum absolute atomic E-state index is 13.4. The van der Waals surface area contributed by atoms with Gasteiger partial charge in [0.2, 0.25) is 9.84 Å². The lowest BCUT2D eigenvalue weighted by Crippen LogP contribution is -1.99. The van der Waals surface area contributed by atoms with Crippen LogP contribution in [0.4, 0.5) is 4.39 Å². The van der Waals surface area contributed by atoms with Crippen molar-refractivity contribution in [2.45, 2.75) is 4.90 Å². The van der Waals surface area contributed by atoms with Crippen LogP contribution in [-0.2, 0) is 9.84 Å². The van der Waals surface area contributed by atoms with E-state index in [4.69, 9.17) is 11.6 Å². The summed E-state index contributed by atoms with van der Waals surface area (Å²) >= 11 is 5.85. The van der Waals surface area contributed by atoms with Crippen molar-refractivity contribution in [3.8, 4) is 0 Å². The molecule has 0 atom stereocenters. The van der Waals surface area contributed by atoms with Gasteiger partial charge in [-0.15, -0.1) is 0 Å². The fraction of sp³-hybridized carbons (Fsp3) is 0. The Hall–Kier alpha value is -1.72. The van der Waals surface area contributed by atoms with Crippen molar-refractivity contribution >= 4 is 27.5 Å². The van der Waals surface area contributed by atoms with Gasteiger partial charge in [-0.3, -0.25) is 4.98 Å². The SMILES string of the molecule is O=S(=O)(/C=C\c1ncccc1Cl)c1ccccc1F. The fourth-order valence-corrected chi connectivity index (χ4v) is 2.67. The highest BCUT2D eigenvalue weighted by Gasteiger charge is 2.15. The topological polar surface area (TPSA) is 47.0 Å². The number of pyridine rings is 1. The quantitative estimate of drug-likeness (QED) is 0.873. The van der Waals surface area contributed by atoms with Gasteiger partial charge in [0.05, 0.1) is 10.7 Å². The first-order valence-electron chi connectivity index (χ1n) is 5.29. The molecule has 0 fully saturated rings. The molecule has 0 saturated heterocycles. The molecule has 0 aliphatic heterocycles. The van der Waals surface area contributed by atoms with Crippen LogP contribution < -0.4 is 0 Å². The lowest BCUT2D eigenvalue weighted by Gasteiger charge is -2.00. The van der Waals surface area contributed by atoms with E-state index in [-0.39, 0.29) is 4.90 Å². The average Bonchev–Trinajstić information content (AvgIpc) is 2.38. The molecule has 1 heterocycles. The summed E-state index contributed by atoms with van der Waals surface area (Å²) in [6, 6.07) is 8.39. The number of sulfone groups is 1. The van der Waals surface area contributed by atoms with E-state index < -0.39 is 15.7 Å². The molecule has 0 aliphatic rings. The Kier molecular flexibility index (Phi) is 3.97. The van der Waals surface area contributed by atoms with Gasteiger partial charge >= 0.3 is 0 Å². The van der Waals surface area contributed by atoms with Crippen molar-refractivity contribution in [1.29, 1.82) is 0 Å². The maximum Gasteiger partial charge on any atom is 0.202 e. The van der Waals surface area contributed by atoms with Gasteiger partial charge in [0, 0.05) is 11.6 Å². The van der Waals surface area contributed by atoms with Gasteiger partial charge in [0.1, 0.15) is 10.7 Å². The first-order valence-corrected chi connectivity index (χ1v) is 7.21. The Morgan fingerprint density at radius 2 is 1.89 bits per heavy atom. The Balaban J connectivity index is 2.38. The Morgan fingerprint density at radius 1 is 1.16 bits per heavy atom. The first kappa shape index (κ1) is 13.7. The van der Waals surface area contributed by atoms with E-state index in [1.54, 1.807) is 12.1 Å². The second kappa shape index (κ2) is 5.50. The summed E-state index contributed by atoms with van der Waals surface area (Å²) in [5.41, 5.74) is 0.309. The van der Waals surface area contributed by atoms with E-state index in [9.17, 15) is 12.8 Å². The van der Waals surface area contributed by atoms with Gasteiger partial charge in [-0.25, -0.2) is 12.8 Å². The molecular formula is C13H9ClFNO2S. The van der Waals surface area contributed by atoms with Crippen molar-refractivity contribution < 1.29 is 12.8 Å². The minimum Gasteiger partial charge on any atom is -0.255 e. The number of hydrogen-bond acceptors (Lipinski definition) is 3. The fourth-order valence-electron chi connectivity index (χ4n) is 1.42. The molecule has 0 unspecified atom stereocenters. The van der Waals surface area contributed by atoms with Gasteiger partial charge in [0.25, 0.3) is 0 Å². The third-order valence-electron chi connectivity index (χ3n) is 2.34. The lowest BCUT2D eigenvalue weighted by atomic mass is 10.3. The summed E-state index contributed by atoms with van der Waals surface area (Å²) in [5.74, 6) is -0.792. The zero-order valence-corrected chi connectivity index (χ0v) is 11.2. The van der Waals surface area contributed by atoms with Crippen LogP contribution in [-0.4, -0.2) is 13.4 Å². The van der Waals surface area contributed by atoms with E-state index in [0.717, 1.165) is 11.5 Å². The third kappa shape index (κ3) is 3.19. The van der Waals surface area contributed by atoms with E-state index in [1.165, 1.54) is 30.5 Å². The molecule has 2 aromatic rings. The molecule has 1 aromatic heterocycles. The van der Waals surface area contributed by atoms with Gasteiger partial charge in [-0.2, -0.15) is 0 Å². The molecule has 0 bridgehead atoms. The van der Waals surface area contributed by atoms with Crippen molar-refractivity contribution in [3.05, 3.63) is 64.5 Å². The second-order valence-corrected chi connectivity index (χ2v) is 5.86. The molecule has 0 aliphatic carbocycles. The minimum absolute atomic E-state index is 0.309. The van der Waals surface area contributed by atoms with Crippen LogP contribution in [0.25, 0.3) is 6.08 Å². The molecule has 0 amide bonds. The van der Waals surface area contributed by atoms with Crippen LogP contribution in [0.3, 0.4) is 0 Å². The molecule has 0 N–H and O–H groups in total. The Bertz CT molecular complexity index is 729. The third-order valence-corrected chi connectivity index (χ3v) is 4.09. The summed E-state index contributed by atoms with van der Waals surface area (Å²) in [4.78, 5) is 3.54. The van der Waals surface area contributed by atoms with E-state index >= 15 is 0 Å². The largest absolute Gasteiger partial charge is 0.255 e. The molecule has 2 rings (SSSR count). The van der Waals surface area contributed by atoms with Crippen LogP contribution in [0, 0.1) is 5.82 Å². The van der Waals surface area contributed by atoms with Gasteiger partial charge in [-0.1, -0.05) is 23.7 Å². The van der Waals surface area contributed by atoms with Crippen molar-refractivity contribution in [2.75, 3.05) is 0 Å². The zero-order valence-electron chi connectivity index (χ0n) is 9.62. The molecule has 6 heteroatoms. The molecule has 3 nitrogen and oxygen atoms in total. The van der Waals surface area contributed by atoms with Crippen molar-refractivity contribution in [1.82, 2.24) is 4.98 Å². The maximum atomic E-state index is 13.4. The lowest BCUT2D eigenvalue weighted by molar-refractivity contribution is 0.572. The highest BCUT2D eigenvalue weighted by Crippen LogP contribution is 2.19. The summed E-state index contributed by atoms with van der Waals surface area (Å²) in [6.07, 6.45) is 2.73. The number of hydrogen-bond donors (Lipinski definition) is 0. The predicted molar refractivity (Wildman–Crippen MR) is 71.9 cm³/mol. The summed E-state index contributed by atoms with van der Waals surface area (Å²) < 4.78 is 37.3. The summed E-state index contributed by atoms with van der Waals surface area (Å²) in [7, 11) is -3.86. The van der Waals surface area contributed by atoms with E-state index in [2.05, 4.69) is 4.98 Å². The van der Waals surface area contributed by atoms with E-state index in [0.29, 0.717) is 10.7 Å². The smallest absolute Gasteiger partial charge is 0.202 e. The monoisotopic (exact) mass is 297 g/mol. The normalized spacial score (nSPS) is 11.9. The zero-order chi connectivity index (χ0) is 13.9. The van der Waals surface area contributed by atoms with Gasteiger partial charge in [-0.05, 0) is 30.3 Å². The van der Waals surface area contributed by atoms with Gasteiger partial charge < -0.3 is 0 Å². The van der Waals surface area contributed by atoms with E-state index in [1.807, 2.05) is 0 Å². The highest BCUT2D eigenvalue weighted by molar-refractivity contribution is 7.94. The highest BCUT2D eigenvalue weighted by atomic mass is 35.5. The number of halogens is 2.